The number of hydrogen-bond donors (Lipinski definition) is 1. The molecule has 1 N–H and O–H groups in total. The van der Waals surface area contributed by atoms with Crippen LogP contribution in [0.15, 0.2) is 71.9 Å². The highest BCUT2D eigenvalue weighted by atomic mass is 16.1. The predicted molar refractivity (Wildman–Crippen MR) is 101 cm³/mol. The molecular formula is C21H19N3O. The highest BCUT2D eigenvalue weighted by Crippen LogP contribution is 2.25. The summed E-state index contributed by atoms with van der Waals surface area (Å²) in [4.78, 5) is 19.4. The van der Waals surface area contributed by atoms with Crippen molar-refractivity contribution >= 4 is 11.0 Å². The molecule has 4 heteroatoms. The van der Waals surface area contributed by atoms with Crippen molar-refractivity contribution in [2.45, 2.75) is 19.8 Å². The third-order valence-electron chi connectivity index (χ3n) is 4.40. The Hall–Kier alpha value is -3.14. The molecular weight excluding hydrogens is 310 g/mol. The topological polar surface area (TPSA) is 50.7 Å². The third-order valence-corrected chi connectivity index (χ3v) is 4.40. The van der Waals surface area contributed by atoms with E-state index in [9.17, 15) is 4.79 Å². The van der Waals surface area contributed by atoms with Crippen LogP contribution in [0.2, 0.25) is 0 Å². The number of pyridine rings is 2. The van der Waals surface area contributed by atoms with E-state index in [2.05, 4.69) is 52.6 Å². The maximum atomic E-state index is 11.7. The van der Waals surface area contributed by atoms with E-state index in [-0.39, 0.29) is 11.3 Å². The van der Waals surface area contributed by atoms with Crippen LogP contribution in [0.1, 0.15) is 25.5 Å². The monoisotopic (exact) mass is 329 g/mol. The van der Waals surface area contributed by atoms with E-state index in [0.29, 0.717) is 0 Å². The average Bonchev–Trinajstić information content (AvgIpc) is 3.09. The minimum atomic E-state index is 0.0394. The van der Waals surface area contributed by atoms with Gasteiger partial charge in [-0.05, 0) is 35.7 Å². The molecule has 4 nitrogen and oxygen atoms in total. The van der Waals surface area contributed by atoms with Gasteiger partial charge in [0.05, 0.1) is 11.0 Å². The summed E-state index contributed by atoms with van der Waals surface area (Å²) in [6.07, 6.45) is 5.64. The van der Waals surface area contributed by atoms with Gasteiger partial charge in [-0.3, -0.25) is 9.78 Å². The van der Waals surface area contributed by atoms with Gasteiger partial charge in [0.1, 0.15) is 0 Å². The summed E-state index contributed by atoms with van der Waals surface area (Å²) in [6.45, 7) is 4.19. The quantitative estimate of drug-likeness (QED) is 0.601. The lowest BCUT2D eigenvalue weighted by Gasteiger charge is -2.16. The molecule has 4 aromatic rings. The molecule has 0 radical (unpaired) electrons. The highest BCUT2D eigenvalue weighted by Gasteiger charge is 2.09. The smallest absolute Gasteiger partial charge is 0.181 e. The van der Waals surface area contributed by atoms with E-state index in [4.69, 9.17) is 0 Å². The zero-order chi connectivity index (χ0) is 17.4. The summed E-state index contributed by atoms with van der Waals surface area (Å²) >= 11 is 0. The van der Waals surface area contributed by atoms with Crippen molar-refractivity contribution in [1.82, 2.24) is 14.5 Å². The maximum absolute atomic E-state index is 11.7. The Bertz CT molecular complexity index is 1110. The Morgan fingerprint density at radius 2 is 1.92 bits per heavy atom. The van der Waals surface area contributed by atoms with Crippen LogP contribution in [0, 0.1) is 0 Å². The molecule has 0 bridgehead atoms. The van der Waals surface area contributed by atoms with Crippen LogP contribution in [0.5, 0.6) is 0 Å². The molecule has 0 saturated heterocycles. The van der Waals surface area contributed by atoms with Gasteiger partial charge in [-0.25, -0.2) is 0 Å². The first kappa shape index (κ1) is 15.4. The molecule has 0 fully saturated rings. The summed E-state index contributed by atoms with van der Waals surface area (Å²) in [7, 11) is 0. The summed E-state index contributed by atoms with van der Waals surface area (Å²) in [6, 6.07) is 15.7. The second kappa shape index (κ2) is 6.06. The molecule has 3 aromatic heterocycles. The molecule has 25 heavy (non-hydrogen) atoms. The van der Waals surface area contributed by atoms with Crippen LogP contribution >= 0.6 is 0 Å². The van der Waals surface area contributed by atoms with Crippen LogP contribution in [-0.2, 0) is 0 Å². The number of aromatic nitrogens is 3. The second-order valence-corrected chi connectivity index (χ2v) is 6.50. The lowest BCUT2D eigenvalue weighted by molar-refractivity contribution is 0.770. The van der Waals surface area contributed by atoms with Crippen LogP contribution < -0.4 is 5.43 Å². The fraction of sp³-hybridized carbons (Fsp3) is 0.143. The normalized spacial score (nSPS) is 11.3. The number of rotatable bonds is 3. The predicted octanol–water partition coefficient (Wildman–Crippen LogP) is 4.50. The largest absolute Gasteiger partial charge is 0.360 e. The molecule has 4 rings (SSSR count). The van der Waals surface area contributed by atoms with Crippen molar-refractivity contribution in [1.29, 1.82) is 0 Å². The van der Waals surface area contributed by atoms with Crippen molar-refractivity contribution in [2.24, 2.45) is 0 Å². The molecule has 1 aromatic carbocycles. The molecule has 0 aliphatic rings. The summed E-state index contributed by atoms with van der Waals surface area (Å²) in [5, 5.41) is 0. The zero-order valence-electron chi connectivity index (χ0n) is 14.2. The van der Waals surface area contributed by atoms with Crippen molar-refractivity contribution in [3.63, 3.8) is 0 Å². The first-order valence-electron chi connectivity index (χ1n) is 8.38. The van der Waals surface area contributed by atoms with Gasteiger partial charge in [-0.15, -0.1) is 0 Å². The van der Waals surface area contributed by atoms with Crippen molar-refractivity contribution in [2.75, 3.05) is 0 Å². The SMILES string of the molecule is CC(C)c1cc(=O)ccn1-c1cccc(-c2cnc3cc[nH]c3c2)c1. The van der Waals surface area contributed by atoms with Gasteiger partial charge in [0, 0.05) is 47.7 Å². The minimum Gasteiger partial charge on any atom is -0.360 e. The fourth-order valence-corrected chi connectivity index (χ4v) is 3.10. The first-order valence-corrected chi connectivity index (χ1v) is 8.38. The fourth-order valence-electron chi connectivity index (χ4n) is 3.10. The Morgan fingerprint density at radius 3 is 2.76 bits per heavy atom. The number of nitrogens with zero attached hydrogens (tertiary/aromatic N) is 2. The molecule has 0 atom stereocenters. The van der Waals surface area contributed by atoms with Gasteiger partial charge in [-0.2, -0.15) is 0 Å². The van der Waals surface area contributed by atoms with E-state index < -0.39 is 0 Å². The van der Waals surface area contributed by atoms with Crippen molar-refractivity contribution < 1.29 is 0 Å². The summed E-state index contributed by atoms with van der Waals surface area (Å²) in [5.74, 6) is 0.259. The van der Waals surface area contributed by atoms with Gasteiger partial charge in [0.25, 0.3) is 0 Å². The van der Waals surface area contributed by atoms with E-state index >= 15 is 0 Å². The first-order chi connectivity index (χ1) is 12.1. The van der Waals surface area contributed by atoms with Gasteiger partial charge >= 0.3 is 0 Å². The van der Waals surface area contributed by atoms with Crippen LogP contribution in [0.3, 0.4) is 0 Å². The van der Waals surface area contributed by atoms with Gasteiger partial charge < -0.3 is 9.55 Å². The zero-order valence-corrected chi connectivity index (χ0v) is 14.2. The lowest BCUT2D eigenvalue weighted by Crippen LogP contribution is -2.11. The van der Waals surface area contributed by atoms with Crippen molar-refractivity contribution in [3.8, 4) is 16.8 Å². The summed E-state index contributed by atoms with van der Waals surface area (Å²) < 4.78 is 2.08. The summed E-state index contributed by atoms with van der Waals surface area (Å²) in [5.41, 5.74) is 6.21. The highest BCUT2D eigenvalue weighted by molar-refractivity contribution is 5.81. The Labute approximate surface area is 145 Å². The average molecular weight is 329 g/mol. The van der Waals surface area contributed by atoms with E-state index in [0.717, 1.165) is 33.5 Å². The minimum absolute atomic E-state index is 0.0394. The Balaban J connectivity index is 1.83. The lowest BCUT2D eigenvalue weighted by atomic mass is 10.1. The number of fused-ring (bicyclic) bond motifs is 1. The molecule has 0 amide bonds. The number of aromatic amines is 1. The molecule has 0 unspecified atom stereocenters. The third kappa shape index (κ3) is 2.87. The maximum Gasteiger partial charge on any atom is 0.181 e. The van der Waals surface area contributed by atoms with Crippen LogP contribution in [0.25, 0.3) is 27.8 Å². The molecule has 0 aliphatic carbocycles. The number of benzene rings is 1. The Morgan fingerprint density at radius 1 is 1.04 bits per heavy atom. The molecule has 0 aliphatic heterocycles. The molecule has 3 heterocycles. The molecule has 0 saturated carbocycles. The van der Waals surface area contributed by atoms with Crippen molar-refractivity contribution in [3.05, 3.63) is 83.0 Å². The van der Waals surface area contributed by atoms with Gasteiger partial charge in [0.2, 0.25) is 0 Å². The van der Waals surface area contributed by atoms with Crippen LogP contribution in [0.4, 0.5) is 0 Å². The second-order valence-electron chi connectivity index (χ2n) is 6.50. The van der Waals surface area contributed by atoms with E-state index in [1.165, 1.54) is 0 Å². The van der Waals surface area contributed by atoms with Gasteiger partial charge in [0.15, 0.2) is 5.43 Å². The van der Waals surface area contributed by atoms with E-state index in [1.54, 1.807) is 12.1 Å². The standard InChI is InChI=1S/C21H19N3O/c1-14(2)21-12-18(25)7-9-24(21)17-5-3-4-15(10-17)16-11-20-19(23-13-16)6-8-22-20/h3-14,22H,1-2H3. The Kier molecular flexibility index (Phi) is 3.73. The van der Waals surface area contributed by atoms with E-state index in [1.807, 2.05) is 30.7 Å². The molecule has 124 valence electrons. The van der Waals surface area contributed by atoms with Gasteiger partial charge in [-0.1, -0.05) is 26.0 Å². The molecule has 0 spiro atoms. The number of hydrogen-bond acceptors (Lipinski definition) is 2. The van der Waals surface area contributed by atoms with Crippen LogP contribution in [-0.4, -0.2) is 14.5 Å². The number of nitrogens with one attached hydrogen (secondary N) is 1. The number of H-pyrrole nitrogens is 1.